The molecule has 0 radical (unpaired) electrons. The van der Waals surface area contributed by atoms with Crippen LogP contribution in [-0.4, -0.2) is 47.2 Å². The molecule has 1 aliphatic rings. The number of ether oxygens (including phenoxy) is 1. The number of aromatic nitrogens is 4. The van der Waals surface area contributed by atoms with Gasteiger partial charge < -0.3 is 9.84 Å². The molecule has 1 aliphatic carbocycles. The fourth-order valence-corrected chi connectivity index (χ4v) is 5.00. The van der Waals surface area contributed by atoms with Gasteiger partial charge in [0.2, 0.25) is 5.82 Å². The highest BCUT2D eigenvalue weighted by atomic mass is 32.2. The molecule has 31 heavy (non-hydrogen) atoms. The molecule has 1 aromatic heterocycles. The zero-order chi connectivity index (χ0) is 22.0. The van der Waals surface area contributed by atoms with E-state index < -0.39 is 15.8 Å². The van der Waals surface area contributed by atoms with E-state index in [1.165, 1.54) is 19.2 Å². The molecule has 2 aromatic carbocycles. The van der Waals surface area contributed by atoms with Crippen LogP contribution in [0.2, 0.25) is 0 Å². The Kier molecular flexibility index (Phi) is 5.38. The number of hydrogen-bond donors (Lipinski definition) is 2. The summed E-state index contributed by atoms with van der Waals surface area (Å²) in [5.74, 6) is -1.15. The summed E-state index contributed by atoms with van der Waals surface area (Å²) >= 11 is 0. The molecule has 0 aliphatic heterocycles. The smallest absolute Gasteiger partial charge is 0.335 e. The number of carboxylic acid groups (broad SMARTS) is 1. The second-order valence-electron chi connectivity index (χ2n) is 6.86. The molecule has 0 bridgehead atoms. The van der Waals surface area contributed by atoms with Gasteiger partial charge in [-0.15, -0.1) is 10.2 Å². The molecule has 0 atom stereocenters. The maximum atomic E-state index is 13.4. The van der Waals surface area contributed by atoms with Crippen LogP contribution in [-0.2, 0) is 15.6 Å². The highest BCUT2D eigenvalue weighted by molar-refractivity contribution is 7.90. The number of methoxy groups -OCH3 is 1. The molecule has 0 saturated heterocycles. The number of carbonyl (C=O) groups is 1. The van der Waals surface area contributed by atoms with E-state index in [0.717, 1.165) is 17.2 Å². The van der Waals surface area contributed by atoms with Crippen molar-refractivity contribution in [3.05, 3.63) is 71.3 Å². The SMILES string of the molecule is COc1ccc(C(=O)O)cc1S(=O)(=O)Cc1cc(-c2nn[nH]n2)ccc1C1=CC=CC1. The Morgan fingerprint density at radius 2 is 2.06 bits per heavy atom. The summed E-state index contributed by atoms with van der Waals surface area (Å²) in [5, 5.41) is 23.1. The minimum atomic E-state index is -3.95. The molecule has 3 aromatic rings. The van der Waals surface area contributed by atoms with Gasteiger partial charge in [0.25, 0.3) is 0 Å². The third-order valence-corrected chi connectivity index (χ3v) is 6.60. The van der Waals surface area contributed by atoms with Gasteiger partial charge in [0, 0.05) is 5.56 Å². The van der Waals surface area contributed by atoms with Gasteiger partial charge in [0.05, 0.1) is 18.4 Å². The van der Waals surface area contributed by atoms with Crippen molar-refractivity contribution in [2.45, 2.75) is 17.1 Å². The lowest BCUT2D eigenvalue weighted by molar-refractivity contribution is 0.0696. The first kappa shape index (κ1) is 20.5. The first-order valence-corrected chi connectivity index (χ1v) is 10.9. The van der Waals surface area contributed by atoms with Crippen LogP contribution in [0.4, 0.5) is 0 Å². The van der Waals surface area contributed by atoms with Gasteiger partial charge in [-0.2, -0.15) is 5.21 Å². The average molecular weight is 438 g/mol. The standard InChI is InChI=1S/C21H18N4O5S/c1-30-18-9-7-15(21(26)27)11-19(18)31(28,29)12-16-10-14(20-22-24-25-23-20)6-8-17(16)13-4-2-3-5-13/h2-4,6-11H,5,12H2,1H3,(H,26,27)(H,22,23,24,25). The maximum Gasteiger partial charge on any atom is 0.335 e. The zero-order valence-corrected chi connectivity index (χ0v) is 17.3. The van der Waals surface area contributed by atoms with Crippen molar-refractivity contribution in [2.75, 3.05) is 7.11 Å². The minimum absolute atomic E-state index is 0.0858. The van der Waals surface area contributed by atoms with Crippen LogP contribution in [0.15, 0.2) is 59.5 Å². The number of H-pyrrole nitrogens is 1. The third kappa shape index (κ3) is 4.10. The number of carboxylic acids is 1. The Morgan fingerprint density at radius 1 is 1.23 bits per heavy atom. The zero-order valence-electron chi connectivity index (χ0n) is 16.4. The molecule has 158 valence electrons. The number of rotatable bonds is 7. The van der Waals surface area contributed by atoms with E-state index in [-0.39, 0.29) is 22.0 Å². The van der Waals surface area contributed by atoms with Crippen molar-refractivity contribution < 1.29 is 23.1 Å². The second kappa shape index (κ2) is 8.15. The van der Waals surface area contributed by atoms with Crippen molar-refractivity contribution in [3.8, 4) is 17.1 Å². The van der Waals surface area contributed by atoms with Gasteiger partial charge >= 0.3 is 5.97 Å². The summed E-state index contributed by atoms with van der Waals surface area (Å²) < 4.78 is 31.9. The topological polar surface area (TPSA) is 135 Å². The van der Waals surface area contributed by atoms with E-state index >= 15 is 0 Å². The Hall–Kier alpha value is -3.79. The van der Waals surface area contributed by atoms with Gasteiger partial charge in [0.1, 0.15) is 10.6 Å². The second-order valence-corrected chi connectivity index (χ2v) is 8.82. The quantitative estimate of drug-likeness (QED) is 0.575. The molecular weight excluding hydrogens is 420 g/mol. The predicted molar refractivity (Wildman–Crippen MR) is 112 cm³/mol. The van der Waals surface area contributed by atoms with Crippen molar-refractivity contribution in [3.63, 3.8) is 0 Å². The number of benzene rings is 2. The van der Waals surface area contributed by atoms with Gasteiger partial charge in [-0.25, -0.2) is 13.2 Å². The number of nitrogens with zero attached hydrogens (tertiary/aromatic N) is 3. The lowest BCUT2D eigenvalue weighted by Crippen LogP contribution is -2.10. The first-order valence-electron chi connectivity index (χ1n) is 9.26. The monoisotopic (exact) mass is 438 g/mol. The van der Waals surface area contributed by atoms with Crippen LogP contribution in [0.5, 0.6) is 5.75 Å². The molecule has 1 heterocycles. The van der Waals surface area contributed by atoms with Crippen LogP contribution in [0.3, 0.4) is 0 Å². The summed E-state index contributed by atoms with van der Waals surface area (Å²) in [6, 6.07) is 9.12. The summed E-state index contributed by atoms with van der Waals surface area (Å²) in [4.78, 5) is 11.2. The number of aromatic amines is 1. The predicted octanol–water partition coefficient (Wildman–Crippen LogP) is 2.89. The highest BCUT2D eigenvalue weighted by Crippen LogP contribution is 2.33. The van der Waals surface area contributed by atoms with Gasteiger partial charge in [-0.05, 0) is 52.6 Å². The summed E-state index contributed by atoms with van der Waals surface area (Å²) in [6.07, 6.45) is 6.53. The van der Waals surface area contributed by atoms with Crippen LogP contribution in [0.25, 0.3) is 17.0 Å². The van der Waals surface area contributed by atoms with Crippen LogP contribution >= 0.6 is 0 Å². The molecule has 0 amide bonds. The Bertz CT molecular complexity index is 1310. The van der Waals surface area contributed by atoms with E-state index in [1.54, 1.807) is 12.1 Å². The van der Waals surface area contributed by atoms with E-state index in [1.807, 2.05) is 24.3 Å². The normalized spacial score (nSPS) is 13.3. The lowest BCUT2D eigenvalue weighted by Gasteiger charge is -2.15. The number of sulfone groups is 1. The lowest BCUT2D eigenvalue weighted by atomic mass is 9.97. The molecule has 0 spiro atoms. The number of hydrogen-bond acceptors (Lipinski definition) is 7. The molecule has 9 nitrogen and oxygen atoms in total. The van der Waals surface area contributed by atoms with Crippen molar-refractivity contribution >= 4 is 21.4 Å². The minimum Gasteiger partial charge on any atom is -0.495 e. The number of nitrogens with one attached hydrogen (secondary N) is 1. The summed E-state index contributed by atoms with van der Waals surface area (Å²) in [6.45, 7) is 0. The van der Waals surface area contributed by atoms with Gasteiger partial charge in [0.15, 0.2) is 9.84 Å². The summed E-state index contributed by atoms with van der Waals surface area (Å²) in [7, 11) is -2.61. The van der Waals surface area contributed by atoms with Crippen LogP contribution in [0.1, 0.15) is 27.9 Å². The first-order chi connectivity index (χ1) is 14.9. The Labute approximate surface area is 178 Å². The number of allylic oxidation sites excluding steroid dienone is 4. The average Bonchev–Trinajstić information content (AvgIpc) is 3.47. The molecule has 4 rings (SSSR count). The number of aromatic carboxylic acids is 1. The largest absolute Gasteiger partial charge is 0.495 e. The third-order valence-electron chi connectivity index (χ3n) is 4.92. The Balaban J connectivity index is 1.81. The fraction of sp³-hybridized carbons (Fsp3) is 0.143. The van der Waals surface area contributed by atoms with Crippen molar-refractivity contribution in [1.82, 2.24) is 20.6 Å². The molecule has 10 heteroatoms. The van der Waals surface area contributed by atoms with Gasteiger partial charge in [-0.1, -0.05) is 30.4 Å². The highest BCUT2D eigenvalue weighted by Gasteiger charge is 2.25. The van der Waals surface area contributed by atoms with E-state index in [9.17, 15) is 18.3 Å². The van der Waals surface area contributed by atoms with Gasteiger partial charge in [-0.3, -0.25) is 0 Å². The van der Waals surface area contributed by atoms with Crippen molar-refractivity contribution in [1.29, 1.82) is 0 Å². The van der Waals surface area contributed by atoms with E-state index in [4.69, 9.17) is 4.74 Å². The van der Waals surface area contributed by atoms with Crippen LogP contribution < -0.4 is 4.74 Å². The molecule has 2 N–H and O–H groups in total. The maximum absolute atomic E-state index is 13.4. The van der Waals surface area contributed by atoms with E-state index in [0.29, 0.717) is 23.4 Å². The number of tetrazole rings is 1. The van der Waals surface area contributed by atoms with Crippen molar-refractivity contribution in [2.24, 2.45) is 0 Å². The molecule has 0 fully saturated rings. The van der Waals surface area contributed by atoms with Crippen LogP contribution in [0, 0.1) is 0 Å². The summed E-state index contributed by atoms with van der Waals surface area (Å²) in [5.41, 5.74) is 2.79. The molecular formula is C21H18N4O5S. The fourth-order valence-electron chi connectivity index (χ4n) is 3.43. The molecule has 0 saturated carbocycles. The van der Waals surface area contributed by atoms with E-state index in [2.05, 4.69) is 20.6 Å². The molecule has 0 unspecified atom stereocenters. The Morgan fingerprint density at radius 3 is 2.71 bits per heavy atom.